The van der Waals surface area contributed by atoms with Crippen LogP contribution in [0.5, 0.6) is 0 Å². The van der Waals surface area contributed by atoms with Crippen LogP contribution in [-0.4, -0.2) is 20.0 Å². The van der Waals surface area contributed by atoms with E-state index >= 15 is 0 Å². The van der Waals surface area contributed by atoms with Crippen LogP contribution in [0, 0.1) is 0 Å². The molecule has 0 aliphatic heterocycles. The van der Waals surface area contributed by atoms with Crippen LogP contribution in [0.3, 0.4) is 0 Å². The average molecular weight is 313 g/mol. The zero-order valence-corrected chi connectivity index (χ0v) is 13.2. The second-order valence-electron chi connectivity index (χ2n) is 5.92. The quantitative estimate of drug-likeness (QED) is 0.707. The van der Waals surface area contributed by atoms with Gasteiger partial charge in [0, 0.05) is 18.5 Å². The molecule has 1 saturated carbocycles. The number of hydrogen-bond acceptors (Lipinski definition) is 3. The van der Waals surface area contributed by atoms with Gasteiger partial charge in [-0.3, -0.25) is 0 Å². The van der Waals surface area contributed by atoms with E-state index in [0.29, 0.717) is 10.9 Å². The molecule has 112 valence electrons. The molecule has 0 atom stereocenters. The van der Waals surface area contributed by atoms with Gasteiger partial charge in [0.2, 0.25) is 0 Å². The van der Waals surface area contributed by atoms with Gasteiger partial charge < -0.3 is 0 Å². The molecule has 3 aromatic rings. The van der Waals surface area contributed by atoms with Gasteiger partial charge in [-0.25, -0.2) is 4.68 Å². The Balaban J connectivity index is 1.95. The highest BCUT2D eigenvalue weighted by Gasteiger charge is 2.26. The fourth-order valence-electron chi connectivity index (χ4n) is 3.39. The zero-order valence-electron chi connectivity index (χ0n) is 12.5. The van der Waals surface area contributed by atoms with Crippen molar-refractivity contribution in [3.63, 3.8) is 0 Å². The standard InChI is InChI=1S/C17H17ClN4/c1-22-17-13(15(21-22)11-9-5-6-10-11)14(18)16(19-20-17)12-7-3-2-4-8-12/h2-4,7-8,11H,5-6,9-10H2,1H3. The molecule has 1 aliphatic rings. The van der Waals surface area contributed by atoms with E-state index in [2.05, 4.69) is 10.2 Å². The molecule has 22 heavy (non-hydrogen) atoms. The van der Waals surface area contributed by atoms with Crippen molar-refractivity contribution in [3.8, 4) is 11.3 Å². The van der Waals surface area contributed by atoms with Crippen molar-refractivity contribution in [1.82, 2.24) is 20.0 Å². The van der Waals surface area contributed by atoms with Crippen molar-refractivity contribution in [2.24, 2.45) is 7.05 Å². The Morgan fingerprint density at radius 2 is 1.82 bits per heavy atom. The molecule has 0 spiro atoms. The van der Waals surface area contributed by atoms with Gasteiger partial charge in [-0.1, -0.05) is 54.8 Å². The Bertz CT molecular complexity index is 820. The summed E-state index contributed by atoms with van der Waals surface area (Å²) in [6, 6.07) is 9.97. The molecule has 2 aromatic heterocycles. The zero-order chi connectivity index (χ0) is 15.1. The van der Waals surface area contributed by atoms with E-state index in [1.54, 1.807) is 4.68 Å². The summed E-state index contributed by atoms with van der Waals surface area (Å²) in [5, 5.41) is 15.1. The Morgan fingerprint density at radius 3 is 2.55 bits per heavy atom. The molecular weight excluding hydrogens is 296 g/mol. The third-order valence-corrected chi connectivity index (χ3v) is 4.87. The molecule has 4 rings (SSSR count). The first kappa shape index (κ1) is 13.7. The van der Waals surface area contributed by atoms with Gasteiger partial charge in [-0.2, -0.15) is 5.10 Å². The van der Waals surface area contributed by atoms with Crippen molar-refractivity contribution in [1.29, 1.82) is 0 Å². The molecule has 5 heteroatoms. The summed E-state index contributed by atoms with van der Waals surface area (Å²) in [4.78, 5) is 0. The summed E-state index contributed by atoms with van der Waals surface area (Å²) in [5.41, 5.74) is 3.59. The number of hydrogen-bond donors (Lipinski definition) is 0. The predicted octanol–water partition coefficient (Wildman–Crippen LogP) is 4.34. The minimum absolute atomic E-state index is 0.494. The number of benzene rings is 1. The molecule has 2 heterocycles. The summed E-state index contributed by atoms with van der Waals surface area (Å²) < 4.78 is 1.80. The summed E-state index contributed by atoms with van der Waals surface area (Å²) in [6.45, 7) is 0. The first-order valence-corrected chi connectivity index (χ1v) is 8.07. The minimum Gasteiger partial charge on any atom is -0.249 e. The highest BCUT2D eigenvalue weighted by molar-refractivity contribution is 6.37. The lowest BCUT2D eigenvalue weighted by Gasteiger charge is -2.08. The topological polar surface area (TPSA) is 43.6 Å². The number of rotatable bonds is 2. The first-order valence-electron chi connectivity index (χ1n) is 7.70. The van der Waals surface area contributed by atoms with E-state index in [1.807, 2.05) is 37.4 Å². The molecule has 0 bridgehead atoms. The van der Waals surface area contributed by atoms with E-state index in [-0.39, 0.29) is 0 Å². The van der Waals surface area contributed by atoms with Gasteiger partial charge in [-0.05, 0) is 12.8 Å². The summed E-state index contributed by atoms with van der Waals surface area (Å²) in [6.07, 6.45) is 4.91. The average Bonchev–Trinajstić information content (AvgIpc) is 3.17. The maximum atomic E-state index is 6.72. The van der Waals surface area contributed by atoms with Crippen LogP contribution in [0.15, 0.2) is 30.3 Å². The van der Waals surface area contributed by atoms with Gasteiger partial charge in [0.15, 0.2) is 5.65 Å². The Labute approximate surface area is 134 Å². The summed E-state index contributed by atoms with van der Waals surface area (Å²) >= 11 is 6.72. The van der Waals surface area contributed by atoms with Crippen molar-refractivity contribution >= 4 is 22.6 Å². The molecule has 1 aromatic carbocycles. The smallest absolute Gasteiger partial charge is 0.181 e. The number of nitrogens with zero attached hydrogens (tertiary/aromatic N) is 4. The molecule has 0 radical (unpaired) electrons. The fraction of sp³-hybridized carbons (Fsp3) is 0.353. The van der Waals surface area contributed by atoms with E-state index in [4.69, 9.17) is 16.7 Å². The van der Waals surface area contributed by atoms with Crippen LogP contribution in [0.4, 0.5) is 0 Å². The van der Waals surface area contributed by atoms with Gasteiger partial charge in [-0.15, -0.1) is 10.2 Å². The molecular formula is C17H17ClN4. The molecule has 1 aliphatic carbocycles. The maximum Gasteiger partial charge on any atom is 0.181 e. The van der Waals surface area contributed by atoms with Crippen LogP contribution in [0.2, 0.25) is 5.02 Å². The molecule has 0 unspecified atom stereocenters. The second-order valence-corrected chi connectivity index (χ2v) is 6.30. The van der Waals surface area contributed by atoms with Gasteiger partial charge >= 0.3 is 0 Å². The fourth-order valence-corrected chi connectivity index (χ4v) is 3.71. The third kappa shape index (κ3) is 2.10. The maximum absolute atomic E-state index is 6.72. The first-order chi connectivity index (χ1) is 10.8. The number of aromatic nitrogens is 4. The Kier molecular flexibility index (Phi) is 3.34. The molecule has 0 N–H and O–H groups in total. The van der Waals surface area contributed by atoms with Crippen LogP contribution in [0.1, 0.15) is 37.3 Å². The Morgan fingerprint density at radius 1 is 1.09 bits per heavy atom. The monoisotopic (exact) mass is 312 g/mol. The van der Waals surface area contributed by atoms with Crippen LogP contribution < -0.4 is 0 Å². The normalized spacial score (nSPS) is 15.7. The lowest BCUT2D eigenvalue weighted by Crippen LogP contribution is -1.96. The van der Waals surface area contributed by atoms with E-state index < -0.39 is 0 Å². The van der Waals surface area contributed by atoms with E-state index in [1.165, 1.54) is 25.7 Å². The molecule has 1 fully saturated rings. The Hall–Kier alpha value is -1.94. The summed E-state index contributed by atoms with van der Waals surface area (Å²) in [7, 11) is 1.91. The molecule has 0 amide bonds. The van der Waals surface area contributed by atoms with E-state index in [0.717, 1.165) is 28.0 Å². The van der Waals surface area contributed by atoms with Crippen molar-refractivity contribution in [2.45, 2.75) is 31.6 Å². The second kappa shape index (κ2) is 5.36. The summed E-state index contributed by atoms with van der Waals surface area (Å²) in [5.74, 6) is 0.494. The van der Waals surface area contributed by atoms with Gasteiger partial charge in [0.1, 0.15) is 5.69 Å². The van der Waals surface area contributed by atoms with E-state index in [9.17, 15) is 0 Å². The lowest BCUT2D eigenvalue weighted by molar-refractivity contribution is 0.663. The number of aryl methyl sites for hydroxylation is 1. The largest absolute Gasteiger partial charge is 0.249 e. The lowest BCUT2D eigenvalue weighted by atomic mass is 10.0. The number of halogens is 1. The van der Waals surface area contributed by atoms with Crippen molar-refractivity contribution in [3.05, 3.63) is 41.0 Å². The van der Waals surface area contributed by atoms with Gasteiger partial charge in [0.05, 0.1) is 16.1 Å². The molecule has 4 nitrogen and oxygen atoms in total. The SMILES string of the molecule is Cn1nc(C2CCCC2)c2c(Cl)c(-c3ccccc3)nnc21. The van der Waals surface area contributed by atoms with Gasteiger partial charge in [0.25, 0.3) is 0 Å². The van der Waals surface area contributed by atoms with Crippen LogP contribution in [0.25, 0.3) is 22.3 Å². The van der Waals surface area contributed by atoms with Crippen molar-refractivity contribution < 1.29 is 0 Å². The highest BCUT2D eigenvalue weighted by Crippen LogP contribution is 2.40. The highest BCUT2D eigenvalue weighted by atomic mass is 35.5. The molecule has 0 saturated heterocycles. The van der Waals surface area contributed by atoms with Crippen LogP contribution >= 0.6 is 11.6 Å². The number of fused-ring (bicyclic) bond motifs is 1. The van der Waals surface area contributed by atoms with Crippen molar-refractivity contribution in [2.75, 3.05) is 0 Å². The minimum atomic E-state index is 0.494. The van der Waals surface area contributed by atoms with Crippen LogP contribution in [-0.2, 0) is 7.05 Å². The predicted molar refractivity (Wildman–Crippen MR) is 88.0 cm³/mol. The third-order valence-electron chi connectivity index (χ3n) is 4.51.